The third kappa shape index (κ3) is 2.91. The van der Waals surface area contributed by atoms with E-state index in [-0.39, 0.29) is 5.92 Å². The lowest BCUT2D eigenvalue weighted by Crippen LogP contribution is -2.49. The van der Waals surface area contributed by atoms with Crippen molar-refractivity contribution >= 4 is 5.91 Å². The van der Waals surface area contributed by atoms with Gasteiger partial charge in [-0.15, -0.1) is 0 Å². The summed E-state index contributed by atoms with van der Waals surface area (Å²) in [5, 5.41) is 0. The van der Waals surface area contributed by atoms with Crippen LogP contribution in [0.1, 0.15) is 50.0 Å². The first kappa shape index (κ1) is 15.2. The molecule has 1 saturated heterocycles. The molecular weight excluding hydrogens is 284 g/mol. The summed E-state index contributed by atoms with van der Waals surface area (Å²) in [6.45, 7) is 1.83. The zero-order valence-corrected chi connectivity index (χ0v) is 13.9. The predicted molar refractivity (Wildman–Crippen MR) is 91.9 cm³/mol. The minimum atomic E-state index is 0.236. The van der Waals surface area contributed by atoms with Crippen LogP contribution >= 0.6 is 0 Å². The number of hydrogen-bond acceptors (Lipinski definition) is 2. The van der Waals surface area contributed by atoms with Crippen molar-refractivity contribution in [1.29, 1.82) is 0 Å². The third-order valence-electron chi connectivity index (χ3n) is 6.53. The molecule has 3 aliphatic rings. The van der Waals surface area contributed by atoms with E-state index in [1.54, 1.807) is 0 Å². The quantitative estimate of drug-likeness (QED) is 0.912. The van der Waals surface area contributed by atoms with Crippen molar-refractivity contribution in [2.75, 3.05) is 13.1 Å². The van der Waals surface area contributed by atoms with Crippen LogP contribution < -0.4 is 5.73 Å². The molecule has 1 heterocycles. The highest BCUT2D eigenvalue weighted by Crippen LogP contribution is 2.43. The van der Waals surface area contributed by atoms with Gasteiger partial charge in [0.15, 0.2) is 0 Å². The first-order chi connectivity index (χ1) is 11.2. The molecule has 3 unspecified atom stereocenters. The maximum absolute atomic E-state index is 13.0. The Morgan fingerprint density at radius 3 is 2.43 bits per heavy atom. The SMILES string of the molecule is NC1C2CCCC1CC(C(=O)N1CCC(c3ccccc3)C1)C2. The Labute approximate surface area is 139 Å². The fraction of sp³-hybridized carbons (Fsp3) is 0.650. The van der Waals surface area contributed by atoms with Crippen LogP contribution in [-0.2, 0) is 4.79 Å². The van der Waals surface area contributed by atoms with Gasteiger partial charge in [0.05, 0.1) is 0 Å². The van der Waals surface area contributed by atoms with Crippen LogP contribution in [0.25, 0.3) is 0 Å². The molecule has 1 aromatic rings. The predicted octanol–water partition coefficient (Wildman–Crippen LogP) is 3.16. The Bertz CT molecular complexity index is 544. The molecule has 4 rings (SSSR count). The average Bonchev–Trinajstić information content (AvgIpc) is 3.05. The Balaban J connectivity index is 1.40. The second kappa shape index (κ2) is 6.27. The van der Waals surface area contributed by atoms with Crippen LogP contribution in [0.5, 0.6) is 0 Å². The number of hydrogen-bond donors (Lipinski definition) is 1. The molecule has 1 aromatic carbocycles. The number of carbonyl (C=O) groups is 1. The van der Waals surface area contributed by atoms with Gasteiger partial charge in [0.25, 0.3) is 0 Å². The second-order valence-corrected chi connectivity index (χ2v) is 7.88. The lowest BCUT2D eigenvalue weighted by Gasteiger charge is -2.44. The van der Waals surface area contributed by atoms with Crippen molar-refractivity contribution in [3.05, 3.63) is 35.9 Å². The van der Waals surface area contributed by atoms with Crippen molar-refractivity contribution in [2.24, 2.45) is 23.5 Å². The largest absolute Gasteiger partial charge is 0.342 e. The van der Waals surface area contributed by atoms with Gasteiger partial charge in [-0.25, -0.2) is 0 Å². The first-order valence-corrected chi connectivity index (χ1v) is 9.31. The monoisotopic (exact) mass is 312 g/mol. The molecule has 3 fully saturated rings. The molecule has 2 N–H and O–H groups in total. The lowest BCUT2D eigenvalue weighted by molar-refractivity contribution is -0.137. The van der Waals surface area contributed by atoms with Gasteiger partial charge in [0.2, 0.25) is 5.91 Å². The van der Waals surface area contributed by atoms with Gasteiger partial charge in [0.1, 0.15) is 0 Å². The fourth-order valence-electron chi connectivity index (χ4n) is 5.21. The summed E-state index contributed by atoms with van der Waals surface area (Å²) in [4.78, 5) is 15.1. The number of nitrogens with two attached hydrogens (primary N) is 1. The average molecular weight is 312 g/mol. The van der Waals surface area contributed by atoms with Gasteiger partial charge >= 0.3 is 0 Å². The summed E-state index contributed by atoms with van der Waals surface area (Å²) < 4.78 is 0. The van der Waals surface area contributed by atoms with Crippen LogP contribution in [0, 0.1) is 17.8 Å². The van der Waals surface area contributed by atoms with Gasteiger partial charge < -0.3 is 10.6 Å². The van der Waals surface area contributed by atoms with Gasteiger partial charge in [-0.2, -0.15) is 0 Å². The maximum Gasteiger partial charge on any atom is 0.225 e. The van der Waals surface area contributed by atoms with Crippen molar-refractivity contribution < 1.29 is 4.79 Å². The molecule has 0 radical (unpaired) electrons. The number of fused-ring (bicyclic) bond motifs is 2. The molecule has 1 aliphatic heterocycles. The van der Waals surface area contributed by atoms with E-state index in [2.05, 4.69) is 35.2 Å². The molecule has 2 saturated carbocycles. The van der Waals surface area contributed by atoms with Crippen LogP contribution in [0.3, 0.4) is 0 Å². The summed E-state index contributed by atoms with van der Waals surface area (Å²) in [5.74, 6) is 2.34. The summed E-state index contributed by atoms with van der Waals surface area (Å²) in [6, 6.07) is 11.0. The normalized spacial score (nSPS) is 36.9. The van der Waals surface area contributed by atoms with Gasteiger partial charge in [-0.3, -0.25) is 4.79 Å². The van der Waals surface area contributed by atoms with E-state index in [1.165, 1.54) is 24.8 Å². The zero-order chi connectivity index (χ0) is 15.8. The van der Waals surface area contributed by atoms with E-state index in [4.69, 9.17) is 5.73 Å². The van der Waals surface area contributed by atoms with Gasteiger partial charge in [0, 0.05) is 31.0 Å². The molecule has 124 valence electrons. The highest BCUT2D eigenvalue weighted by Gasteiger charge is 2.42. The standard InChI is InChI=1S/C20H28N2O/c21-19-15-7-4-8-16(19)12-18(11-15)20(23)22-10-9-17(13-22)14-5-2-1-3-6-14/h1-3,5-6,15-19H,4,7-13,21H2. The molecule has 0 aromatic heterocycles. The van der Waals surface area contributed by atoms with Crippen LogP contribution in [-0.4, -0.2) is 29.9 Å². The van der Waals surface area contributed by atoms with Crippen LogP contribution in [0.2, 0.25) is 0 Å². The Morgan fingerprint density at radius 1 is 1.04 bits per heavy atom. The zero-order valence-electron chi connectivity index (χ0n) is 13.9. The number of carbonyl (C=O) groups excluding carboxylic acids is 1. The van der Waals surface area contributed by atoms with Crippen LogP contribution in [0.4, 0.5) is 0 Å². The van der Waals surface area contributed by atoms with Gasteiger partial charge in [-0.05, 0) is 49.5 Å². The van der Waals surface area contributed by atoms with E-state index >= 15 is 0 Å². The van der Waals surface area contributed by atoms with E-state index in [0.717, 1.165) is 32.4 Å². The van der Waals surface area contributed by atoms with E-state index in [1.807, 2.05) is 0 Å². The van der Waals surface area contributed by atoms with E-state index in [0.29, 0.717) is 29.7 Å². The molecule has 3 atom stereocenters. The van der Waals surface area contributed by atoms with Gasteiger partial charge in [-0.1, -0.05) is 36.8 Å². The highest BCUT2D eigenvalue weighted by atomic mass is 16.2. The summed E-state index contributed by atoms with van der Waals surface area (Å²) in [7, 11) is 0. The summed E-state index contributed by atoms with van der Waals surface area (Å²) >= 11 is 0. The molecule has 2 bridgehead atoms. The summed E-state index contributed by atoms with van der Waals surface area (Å²) in [5.41, 5.74) is 7.75. The molecule has 23 heavy (non-hydrogen) atoms. The molecule has 3 heteroatoms. The van der Waals surface area contributed by atoms with Crippen molar-refractivity contribution in [1.82, 2.24) is 4.90 Å². The topological polar surface area (TPSA) is 46.3 Å². The van der Waals surface area contributed by atoms with Crippen LogP contribution in [0.15, 0.2) is 30.3 Å². The molecular formula is C20H28N2O. The Kier molecular flexibility index (Phi) is 4.14. The van der Waals surface area contributed by atoms with E-state index < -0.39 is 0 Å². The van der Waals surface area contributed by atoms with Crippen molar-refractivity contribution in [2.45, 2.75) is 50.5 Å². The van der Waals surface area contributed by atoms with Crippen molar-refractivity contribution in [3.63, 3.8) is 0 Å². The third-order valence-corrected chi connectivity index (χ3v) is 6.53. The molecule has 3 nitrogen and oxygen atoms in total. The smallest absolute Gasteiger partial charge is 0.225 e. The molecule has 1 amide bonds. The van der Waals surface area contributed by atoms with Crippen molar-refractivity contribution in [3.8, 4) is 0 Å². The highest BCUT2D eigenvalue weighted by molar-refractivity contribution is 5.79. The number of nitrogens with zero attached hydrogens (tertiary/aromatic N) is 1. The number of benzene rings is 1. The lowest BCUT2D eigenvalue weighted by atomic mass is 9.65. The Morgan fingerprint density at radius 2 is 1.74 bits per heavy atom. The first-order valence-electron chi connectivity index (χ1n) is 9.31. The maximum atomic E-state index is 13.0. The fourth-order valence-corrected chi connectivity index (χ4v) is 5.21. The van der Waals surface area contributed by atoms with E-state index in [9.17, 15) is 4.79 Å². The summed E-state index contributed by atoms with van der Waals surface area (Å²) in [6.07, 6.45) is 6.94. The molecule has 0 spiro atoms. The Hall–Kier alpha value is -1.35. The number of rotatable bonds is 2. The minimum Gasteiger partial charge on any atom is -0.342 e. The molecule has 2 aliphatic carbocycles. The number of amides is 1. The minimum absolute atomic E-state index is 0.236. The second-order valence-electron chi connectivity index (χ2n) is 7.88. The number of likely N-dealkylation sites (tertiary alicyclic amines) is 1.